The van der Waals surface area contributed by atoms with E-state index in [1.807, 2.05) is 26.0 Å². The maximum absolute atomic E-state index is 13.7. The minimum Gasteiger partial charge on any atom is -0.382 e. The normalized spacial score (nSPS) is 25.0. The number of nitrogens with zero attached hydrogens (tertiary/aromatic N) is 1. The van der Waals surface area contributed by atoms with Gasteiger partial charge in [0.15, 0.2) is 0 Å². The molecule has 3 aliphatic carbocycles. The van der Waals surface area contributed by atoms with Crippen LogP contribution in [0.5, 0.6) is 0 Å². The van der Waals surface area contributed by atoms with Gasteiger partial charge in [0, 0.05) is 35.0 Å². The van der Waals surface area contributed by atoms with Gasteiger partial charge >= 0.3 is 6.18 Å². The Balaban J connectivity index is 0.00000156. The summed E-state index contributed by atoms with van der Waals surface area (Å²) in [6, 6.07) is 7.51. The number of anilines is 1. The van der Waals surface area contributed by atoms with E-state index in [0.717, 1.165) is 43.7 Å². The van der Waals surface area contributed by atoms with Crippen molar-refractivity contribution in [1.29, 1.82) is 0 Å². The minimum absolute atomic E-state index is 0.0221. The molecule has 2 N–H and O–H groups in total. The summed E-state index contributed by atoms with van der Waals surface area (Å²) in [7, 11) is 0. The summed E-state index contributed by atoms with van der Waals surface area (Å²) >= 11 is 0. The average molecular weight is 514 g/mol. The largest absolute Gasteiger partial charge is 0.417 e. The first-order valence-electron chi connectivity index (χ1n) is 13.5. The molecular formula is C30H38F3N3O. The van der Waals surface area contributed by atoms with Crippen molar-refractivity contribution in [3.05, 3.63) is 48.3 Å². The highest BCUT2D eigenvalue weighted by atomic mass is 19.4. The first-order valence-corrected chi connectivity index (χ1v) is 13.5. The van der Waals surface area contributed by atoms with E-state index < -0.39 is 11.7 Å². The standard InChI is InChI=1S/C28H32F3N3O.C2H6/c1-17(28(29,30)31)25-22-8-3-9-24(33-20-6-4-12-27(2)16-19(27)14-20)23(22)15-21(34-25)7-5-13-32-26(35)18-10-11-18;1-2/h3,5,7-9,15,18-20,33H,1,4,6,10-14,16H2,2H3,(H,32,35);1-2H3/b7-5+;. The number of carbonyl (C=O) groups excluding carboxylic acids is 1. The highest BCUT2D eigenvalue weighted by Gasteiger charge is 2.51. The predicted molar refractivity (Wildman–Crippen MR) is 145 cm³/mol. The number of nitrogens with one attached hydrogen (secondary N) is 2. The second-order valence-corrected chi connectivity index (χ2v) is 10.7. The van der Waals surface area contributed by atoms with E-state index in [9.17, 15) is 18.0 Å². The lowest BCUT2D eigenvalue weighted by molar-refractivity contribution is -0.122. The quantitative estimate of drug-likeness (QED) is 0.398. The third-order valence-electron chi connectivity index (χ3n) is 7.92. The van der Waals surface area contributed by atoms with Gasteiger partial charge in [0.05, 0.1) is 17.0 Å². The molecule has 0 saturated heterocycles. The Labute approximate surface area is 217 Å². The summed E-state index contributed by atoms with van der Waals surface area (Å²) < 4.78 is 41.0. The third-order valence-corrected chi connectivity index (χ3v) is 7.92. The molecule has 2 aromatic rings. The van der Waals surface area contributed by atoms with Crippen LogP contribution in [0.4, 0.5) is 18.9 Å². The Morgan fingerprint density at radius 1 is 1.22 bits per heavy atom. The Hall–Kier alpha value is -2.83. The third kappa shape index (κ3) is 6.36. The second kappa shape index (κ2) is 10.9. The Morgan fingerprint density at radius 3 is 2.68 bits per heavy atom. The molecule has 3 unspecified atom stereocenters. The molecule has 4 nitrogen and oxygen atoms in total. The molecule has 5 rings (SSSR count). The number of hydrogen-bond acceptors (Lipinski definition) is 3. The number of benzene rings is 1. The fourth-order valence-electron chi connectivity index (χ4n) is 5.44. The van der Waals surface area contributed by atoms with Crippen LogP contribution in [0.25, 0.3) is 22.4 Å². The molecule has 3 atom stereocenters. The summed E-state index contributed by atoms with van der Waals surface area (Å²) in [6.45, 7) is 10.0. The summed E-state index contributed by atoms with van der Waals surface area (Å²) in [5.74, 6) is 0.855. The molecule has 7 heteroatoms. The average Bonchev–Trinajstić information content (AvgIpc) is 3.78. The smallest absolute Gasteiger partial charge is 0.382 e. The molecular weight excluding hydrogens is 475 g/mol. The number of alkyl halides is 3. The summed E-state index contributed by atoms with van der Waals surface area (Å²) in [4.78, 5) is 16.2. The van der Waals surface area contributed by atoms with Gasteiger partial charge in [0.1, 0.15) is 0 Å². The van der Waals surface area contributed by atoms with Crippen molar-refractivity contribution in [2.75, 3.05) is 11.9 Å². The van der Waals surface area contributed by atoms with Crippen molar-refractivity contribution >= 4 is 34.0 Å². The first-order chi connectivity index (χ1) is 17.6. The van der Waals surface area contributed by atoms with Gasteiger partial charge in [-0.25, -0.2) is 4.98 Å². The molecule has 3 saturated carbocycles. The van der Waals surface area contributed by atoms with E-state index in [0.29, 0.717) is 34.5 Å². The summed E-state index contributed by atoms with van der Waals surface area (Å²) in [5, 5.41) is 7.62. The molecule has 0 bridgehead atoms. The van der Waals surface area contributed by atoms with Gasteiger partial charge in [0.25, 0.3) is 0 Å². The number of pyridine rings is 1. The van der Waals surface area contributed by atoms with Gasteiger partial charge in [0.2, 0.25) is 5.91 Å². The Kier molecular flexibility index (Phi) is 8.00. The van der Waals surface area contributed by atoms with Crippen LogP contribution in [-0.4, -0.2) is 29.7 Å². The molecule has 37 heavy (non-hydrogen) atoms. The number of hydrogen-bond donors (Lipinski definition) is 2. The highest BCUT2D eigenvalue weighted by Crippen LogP contribution is 2.59. The fourth-order valence-corrected chi connectivity index (χ4v) is 5.44. The summed E-state index contributed by atoms with van der Waals surface area (Å²) in [6.07, 6.45) is 6.47. The molecule has 3 fully saturated rings. The molecule has 200 valence electrons. The number of rotatable bonds is 7. The van der Waals surface area contributed by atoms with Gasteiger partial charge in [-0.3, -0.25) is 4.79 Å². The molecule has 1 aromatic heterocycles. The lowest BCUT2D eigenvalue weighted by Gasteiger charge is -2.21. The monoisotopic (exact) mass is 513 g/mol. The van der Waals surface area contributed by atoms with Crippen LogP contribution in [0.15, 0.2) is 36.9 Å². The predicted octanol–water partition coefficient (Wildman–Crippen LogP) is 7.76. The van der Waals surface area contributed by atoms with Crippen LogP contribution in [0.2, 0.25) is 0 Å². The number of allylic oxidation sites excluding steroid dienone is 1. The van der Waals surface area contributed by atoms with Crippen LogP contribution in [-0.2, 0) is 4.79 Å². The van der Waals surface area contributed by atoms with Crippen LogP contribution >= 0.6 is 0 Å². The SMILES string of the molecule is C=C(c1nc(/C=C/CNC(=O)C2CC2)cc2c(NC3CCCC4(C)CC4C3)cccc12)C(F)(F)F.CC. The van der Waals surface area contributed by atoms with E-state index >= 15 is 0 Å². The lowest BCUT2D eigenvalue weighted by Crippen LogP contribution is -2.24. The number of amides is 1. The van der Waals surface area contributed by atoms with E-state index in [4.69, 9.17) is 0 Å². The van der Waals surface area contributed by atoms with E-state index in [-0.39, 0.29) is 17.5 Å². The van der Waals surface area contributed by atoms with Crippen LogP contribution in [0.3, 0.4) is 0 Å². The fraction of sp³-hybridized carbons (Fsp3) is 0.533. The number of halogens is 3. The zero-order chi connectivity index (χ0) is 26.8. The first kappa shape index (κ1) is 27.2. The Bertz CT molecular complexity index is 1180. The molecule has 0 aliphatic heterocycles. The van der Waals surface area contributed by atoms with E-state index in [1.165, 1.54) is 12.8 Å². The van der Waals surface area contributed by atoms with Crippen molar-refractivity contribution in [1.82, 2.24) is 10.3 Å². The second-order valence-electron chi connectivity index (χ2n) is 10.7. The van der Waals surface area contributed by atoms with Crippen molar-refractivity contribution in [2.45, 2.75) is 77.9 Å². The summed E-state index contributed by atoms with van der Waals surface area (Å²) in [5.41, 5.74) is 0.593. The number of aromatic nitrogens is 1. The van der Waals surface area contributed by atoms with Gasteiger partial charge < -0.3 is 10.6 Å². The Morgan fingerprint density at radius 2 is 1.97 bits per heavy atom. The topological polar surface area (TPSA) is 54.0 Å². The zero-order valence-corrected chi connectivity index (χ0v) is 22.0. The molecule has 0 spiro atoms. The zero-order valence-electron chi connectivity index (χ0n) is 22.0. The van der Waals surface area contributed by atoms with Crippen LogP contribution in [0, 0.1) is 17.3 Å². The minimum atomic E-state index is -4.58. The van der Waals surface area contributed by atoms with Gasteiger partial charge in [-0.05, 0) is 68.1 Å². The van der Waals surface area contributed by atoms with Gasteiger partial charge in [-0.1, -0.05) is 52.0 Å². The molecule has 1 amide bonds. The van der Waals surface area contributed by atoms with Crippen LogP contribution in [0.1, 0.15) is 77.1 Å². The van der Waals surface area contributed by atoms with Crippen molar-refractivity contribution in [3.8, 4) is 0 Å². The molecule has 1 heterocycles. The highest BCUT2D eigenvalue weighted by molar-refractivity contribution is 6.00. The van der Waals surface area contributed by atoms with Crippen molar-refractivity contribution in [3.63, 3.8) is 0 Å². The number of carbonyl (C=O) groups is 1. The maximum atomic E-state index is 13.7. The van der Waals surface area contributed by atoms with E-state index in [2.05, 4.69) is 29.1 Å². The molecule has 1 aromatic carbocycles. The molecule has 3 aliphatic rings. The maximum Gasteiger partial charge on any atom is 0.417 e. The van der Waals surface area contributed by atoms with Crippen LogP contribution < -0.4 is 10.6 Å². The van der Waals surface area contributed by atoms with Crippen molar-refractivity contribution in [2.24, 2.45) is 17.3 Å². The van der Waals surface area contributed by atoms with Gasteiger partial charge in [-0.15, -0.1) is 0 Å². The number of fused-ring (bicyclic) bond motifs is 2. The lowest BCUT2D eigenvalue weighted by atomic mass is 10.0. The van der Waals surface area contributed by atoms with Crippen molar-refractivity contribution < 1.29 is 18.0 Å². The molecule has 0 radical (unpaired) electrons. The van der Waals surface area contributed by atoms with Gasteiger partial charge in [-0.2, -0.15) is 13.2 Å². The van der Waals surface area contributed by atoms with E-state index in [1.54, 1.807) is 24.3 Å².